The van der Waals surface area contributed by atoms with E-state index in [9.17, 15) is 5.26 Å². The van der Waals surface area contributed by atoms with Crippen LogP contribution in [0.5, 0.6) is 11.5 Å². The Morgan fingerprint density at radius 1 is 0.816 bits per heavy atom. The number of rotatable bonds is 9. The van der Waals surface area contributed by atoms with E-state index in [2.05, 4.69) is 63.3 Å². The van der Waals surface area contributed by atoms with Gasteiger partial charge in [0.1, 0.15) is 24.7 Å². The number of benzene rings is 4. The van der Waals surface area contributed by atoms with Crippen molar-refractivity contribution in [1.29, 1.82) is 5.26 Å². The maximum atomic E-state index is 9.24. The second kappa shape index (κ2) is 12.7. The number of ether oxygens (including phenoxy) is 3. The highest BCUT2D eigenvalue weighted by atomic mass is 79.9. The van der Waals surface area contributed by atoms with Crippen molar-refractivity contribution in [2.75, 3.05) is 26.3 Å². The summed E-state index contributed by atoms with van der Waals surface area (Å²) in [4.78, 5) is 2.37. The molecule has 192 valence electrons. The highest BCUT2D eigenvalue weighted by Crippen LogP contribution is 2.33. The SMILES string of the molecule is N#Cc1cccc(COc2cc(OCc3cccc(-c4ccccc4)c3Br)ccc2CN2CCOCC2)c1. The van der Waals surface area contributed by atoms with E-state index >= 15 is 0 Å². The second-order valence-corrected chi connectivity index (χ2v) is 9.99. The van der Waals surface area contributed by atoms with Gasteiger partial charge in [-0.2, -0.15) is 5.26 Å². The van der Waals surface area contributed by atoms with Crippen LogP contribution in [0.1, 0.15) is 22.3 Å². The molecule has 4 aromatic carbocycles. The second-order valence-electron chi connectivity index (χ2n) is 9.19. The molecule has 0 bridgehead atoms. The fraction of sp³-hybridized carbons (Fsp3) is 0.219. The van der Waals surface area contributed by atoms with Crippen LogP contribution in [0.25, 0.3) is 11.1 Å². The smallest absolute Gasteiger partial charge is 0.128 e. The van der Waals surface area contributed by atoms with E-state index in [1.54, 1.807) is 6.07 Å². The van der Waals surface area contributed by atoms with Gasteiger partial charge in [-0.15, -0.1) is 0 Å². The monoisotopic (exact) mass is 568 g/mol. The van der Waals surface area contributed by atoms with Crippen molar-refractivity contribution in [2.45, 2.75) is 19.8 Å². The first-order valence-electron chi connectivity index (χ1n) is 12.7. The fourth-order valence-electron chi connectivity index (χ4n) is 4.47. The van der Waals surface area contributed by atoms with E-state index in [4.69, 9.17) is 14.2 Å². The first kappa shape index (κ1) is 26.0. The highest BCUT2D eigenvalue weighted by Gasteiger charge is 2.15. The lowest BCUT2D eigenvalue weighted by Gasteiger charge is -2.27. The number of hydrogen-bond acceptors (Lipinski definition) is 5. The van der Waals surface area contributed by atoms with E-state index in [-0.39, 0.29) is 0 Å². The summed E-state index contributed by atoms with van der Waals surface area (Å²) >= 11 is 3.79. The minimum absolute atomic E-state index is 0.375. The molecule has 38 heavy (non-hydrogen) atoms. The molecule has 1 aliphatic heterocycles. The maximum Gasteiger partial charge on any atom is 0.128 e. The van der Waals surface area contributed by atoms with Crippen LogP contribution in [-0.2, 0) is 24.5 Å². The van der Waals surface area contributed by atoms with E-state index < -0.39 is 0 Å². The van der Waals surface area contributed by atoms with Crippen LogP contribution in [0.2, 0.25) is 0 Å². The Bertz CT molecular complexity index is 1410. The zero-order chi connectivity index (χ0) is 26.2. The molecule has 1 fully saturated rings. The van der Waals surface area contributed by atoms with Crippen LogP contribution in [0.3, 0.4) is 0 Å². The van der Waals surface area contributed by atoms with Gasteiger partial charge in [-0.25, -0.2) is 0 Å². The van der Waals surface area contributed by atoms with Crippen LogP contribution >= 0.6 is 15.9 Å². The zero-order valence-electron chi connectivity index (χ0n) is 21.1. The van der Waals surface area contributed by atoms with Gasteiger partial charge in [-0.3, -0.25) is 4.90 Å². The Labute approximate surface area is 232 Å². The Morgan fingerprint density at radius 2 is 1.63 bits per heavy atom. The molecule has 0 radical (unpaired) electrons. The molecule has 4 aromatic rings. The normalized spacial score (nSPS) is 13.6. The summed E-state index contributed by atoms with van der Waals surface area (Å²) < 4.78 is 19.1. The van der Waals surface area contributed by atoms with Gasteiger partial charge in [0.15, 0.2) is 0 Å². The van der Waals surface area contributed by atoms with Gasteiger partial charge in [0, 0.05) is 41.3 Å². The van der Waals surface area contributed by atoms with Crippen LogP contribution in [0.4, 0.5) is 0 Å². The van der Waals surface area contributed by atoms with E-state index in [1.165, 1.54) is 0 Å². The third-order valence-corrected chi connectivity index (χ3v) is 7.48. The molecule has 6 heteroatoms. The molecule has 0 N–H and O–H groups in total. The average molecular weight is 569 g/mol. The van der Waals surface area contributed by atoms with Gasteiger partial charge in [-0.05, 0) is 50.8 Å². The third kappa shape index (κ3) is 6.62. The van der Waals surface area contributed by atoms with Crippen molar-refractivity contribution < 1.29 is 14.2 Å². The van der Waals surface area contributed by atoms with Crippen molar-refractivity contribution >= 4 is 15.9 Å². The molecule has 5 rings (SSSR count). The van der Waals surface area contributed by atoms with Crippen molar-refractivity contribution in [3.05, 3.63) is 118 Å². The Hall–Kier alpha value is -3.63. The summed E-state index contributed by atoms with van der Waals surface area (Å²) in [5, 5.41) is 9.24. The third-order valence-electron chi connectivity index (χ3n) is 6.54. The lowest BCUT2D eigenvalue weighted by atomic mass is 10.0. The van der Waals surface area contributed by atoms with Crippen molar-refractivity contribution in [3.8, 4) is 28.7 Å². The van der Waals surface area contributed by atoms with Crippen LogP contribution in [0, 0.1) is 11.3 Å². The van der Waals surface area contributed by atoms with Gasteiger partial charge in [-0.1, -0.05) is 66.7 Å². The van der Waals surface area contributed by atoms with Gasteiger partial charge in [0.25, 0.3) is 0 Å². The molecule has 0 atom stereocenters. The molecule has 1 aliphatic rings. The highest BCUT2D eigenvalue weighted by molar-refractivity contribution is 9.10. The zero-order valence-corrected chi connectivity index (χ0v) is 22.7. The Kier molecular flexibility index (Phi) is 8.72. The number of hydrogen-bond donors (Lipinski definition) is 0. The lowest BCUT2D eigenvalue weighted by molar-refractivity contribution is 0.0337. The van der Waals surface area contributed by atoms with Crippen molar-refractivity contribution in [3.63, 3.8) is 0 Å². The molecule has 0 aliphatic carbocycles. The van der Waals surface area contributed by atoms with Crippen molar-refractivity contribution in [2.24, 2.45) is 0 Å². The molecule has 1 heterocycles. The predicted molar refractivity (Wildman–Crippen MR) is 152 cm³/mol. The molecule has 0 spiro atoms. The summed E-state index contributed by atoms with van der Waals surface area (Å²) in [6.07, 6.45) is 0. The summed E-state index contributed by atoms with van der Waals surface area (Å²) in [7, 11) is 0. The molecule has 5 nitrogen and oxygen atoms in total. The molecule has 0 aromatic heterocycles. The molecular weight excluding hydrogens is 540 g/mol. The largest absolute Gasteiger partial charge is 0.489 e. The first-order valence-corrected chi connectivity index (χ1v) is 13.5. The van der Waals surface area contributed by atoms with Gasteiger partial charge in [0.05, 0.1) is 24.8 Å². The number of nitrogens with zero attached hydrogens (tertiary/aromatic N) is 2. The van der Waals surface area contributed by atoms with E-state index in [0.717, 1.165) is 76.6 Å². The van der Waals surface area contributed by atoms with E-state index in [0.29, 0.717) is 18.8 Å². The number of morpholine rings is 1. The Morgan fingerprint density at radius 3 is 2.45 bits per heavy atom. The molecule has 0 unspecified atom stereocenters. The van der Waals surface area contributed by atoms with Gasteiger partial charge in [0.2, 0.25) is 0 Å². The summed E-state index contributed by atoms with van der Waals surface area (Å²) in [5.74, 6) is 1.53. The van der Waals surface area contributed by atoms with Crippen LogP contribution < -0.4 is 9.47 Å². The molecule has 0 amide bonds. The van der Waals surface area contributed by atoms with Gasteiger partial charge >= 0.3 is 0 Å². The predicted octanol–water partition coefficient (Wildman–Crippen LogP) is 6.98. The summed E-state index contributed by atoms with van der Waals surface area (Å²) in [5.41, 5.74) is 6.04. The fourth-order valence-corrected chi connectivity index (χ4v) is 5.08. The minimum Gasteiger partial charge on any atom is -0.489 e. The first-order chi connectivity index (χ1) is 18.7. The number of nitriles is 1. The maximum absolute atomic E-state index is 9.24. The van der Waals surface area contributed by atoms with Gasteiger partial charge < -0.3 is 14.2 Å². The standard InChI is InChI=1S/C32H29BrN2O3/c33-32-28(10-5-11-30(32)26-8-2-1-3-9-26)23-37-29-13-12-27(21-35-14-16-36-17-15-35)31(19-29)38-22-25-7-4-6-24(18-25)20-34/h1-13,18-19H,14-17,21-23H2. The summed E-state index contributed by atoms with van der Waals surface area (Å²) in [6, 6.07) is 32.3. The topological polar surface area (TPSA) is 54.7 Å². The lowest BCUT2D eigenvalue weighted by Crippen LogP contribution is -2.35. The Balaban J connectivity index is 1.34. The number of halogens is 1. The molecule has 1 saturated heterocycles. The van der Waals surface area contributed by atoms with Crippen LogP contribution in [0.15, 0.2) is 95.5 Å². The van der Waals surface area contributed by atoms with E-state index in [1.807, 2.05) is 48.5 Å². The molecule has 0 saturated carbocycles. The average Bonchev–Trinajstić information content (AvgIpc) is 2.97. The quantitative estimate of drug-likeness (QED) is 0.218. The van der Waals surface area contributed by atoms with Crippen molar-refractivity contribution in [1.82, 2.24) is 4.90 Å². The van der Waals surface area contributed by atoms with Crippen LogP contribution in [-0.4, -0.2) is 31.2 Å². The molecular formula is C32H29BrN2O3. The minimum atomic E-state index is 0.375. The summed E-state index contributed by atoms with van der Waals surface area (Å²) in [6.45, 7) is 4.86.